The van der Waals surface area contributed by atoms with Crippen molar-refractivity contribution in [2.24, 2.45) is 0 Å². The van der Waals surface area contributed by atoms with Gasteiger partial charge in [-0.25, -0.2) is 0 Å². The van der Waals surface area contributed by atoms with Gasteiger partial charge in [0.25, 0.3) is 0 Å². The molecule has 2 aliphatic rings. The van der Waals surface area contributed by atoms with Crippen LogP contribution in [0, 0.1) is 0 Å². The topological polar surface area (TPSA) is 214 Å². The van der Waals surface area contributed by atoms with E-state index in [4.69, 9.17) is 28.4 Å². The summed E-state index contributed by atoms with van der Waals surface area (Å²) in [6.45, 7) is 2.64. The Labute approximate surface area is 266 Å². The molecule has 45 heavy (non-hydrogen) atoms. The Balaban J connectivity index is 1.71. The molecule has 0 aromatic carbocycles. The minimum absolute atomic E-state index is 0.0508. The van der Waals surface area contributed by atoms with Crippen molar-refractivity contribution in [3.8, 4) is 0 Å². The molecule has 0 aliphatic carbocycles. The maximum Gasteiger partial charge on any atom is 0.303 e. The van der Waals surface area contributed by atoms with Crippen LogP contribution in [0.4, 0.5) is 0 Å². The summed E-state index contributed by atoms with van der Waals surface area (Å²) in [4.78, 5) is 11.6. The summed E-state index contributed by atoms with van der Waals surface area (Å²) in [6.07, 6.45) is -1.36. The van der Waals surface area contributed by atoms with E-state index < -0.39 is 86.7 Å². The van der Waals surface area contributed by atoms with Crippen LogP contribution in [0.5, 0.6) is 0 Å². The molecule has 0 bridgehead atoms. The third kappa shape index (κ3) is 14.3. The summed E-state index contributed by atoms with van der Waals surface area (Å²) < 4.78 is 32.9. The molecule has 11 atom stereocenters. The van der Waals surface area contributed by atoms with Gasteiger partial charge in [-0.05, 0) is 6.42 Å². The molecule has 2 fully saturated rings. The molecule has 2 saturated heterocycles. The number of hydrogen-bond donors (Lipinski definition) is 7. The van der Waals surface area contributed by atoms with E-state index in [-0.39, 0.29) is 13.2 Å². The number of hydrogen-bond acceptors (Lipinski definition) is 14. The van der Waals surface area contributed by atoms with Crippen molar-refractivity contribution in [3.63, 3.8) is 0 Å². The molecular formula is C31H58O14. The Morgan fingerprint density at radius 3 is 1.67 bits per heavy atom. The van der Waals surface area contributed by atoms with E-state index in [2.05, 4.69) is 6.92 Å². The summed E-state index contributed by atoms with van der Waals surface area (Å²) in [5.74, 6) is -0.552. The zero-order valence-electron chi connectivity index (χ0n) is 26.9. The van der Waals surface area contributed by atoms with Gasteiger partial charge in [-0.1, -0.05) is 77.6 Å². The van der Waals surface area contributed by atoms with Gasteiger partial charge in [0.1, 0.15) is 54.9 Å². The first-order chi connectivity index (χ1) is 21.6. The second-order valence-electron chi connectivity index (χ2n) is 12.1. The van der Waals surface area contributed by atoms with E-state index in [9.17, 15) is 40.5 Å². The third-order valence-electron chi connectivity index (χ3n) is 8.17. The smallest absolute Gasteiger partial charge is 0.303 e. The van der Waals surface area contributed by atoms with Crippen LogP contribution in [-0.4, -0.2) is 142 Å². The van der Waals surface area contributed by atoms with E-state index in [1.165, 1.54) is 64.7 Å². The van der Waals surface area contributed by atoms with Gasteiger partial charge >= 0.3 is 5.97 Å². The summed E-state index contributed by atoms with van der Waals surface area (Å²) >= 11 is 0. The van der Waals surface area contributed by atoms with Gasteiger partial charge in [-0.2, -0.15) is 0 Å². The van der Waals surface area contributed by atoms with Crippen LogP contribution in [0.25, 0.3) is 0 Å². The zero-order chi connectivity index (χ0) is 33.2. The molecule has 2 aliphatic heterocycles. The van der Waals surface area contributed by atoms with Gasteiger partial charge in [0.2, 0.25) is 0 Å². The highest BCUT2D eigenvalue weighted by Crippen LogP contribution is 2.26. The number of ether oxygens (including phenoxy) is 6. The number of esters is 1. The molecule has 0 aromatic heterocycles. The van der Waals surface area contributed by atoms with Crippen LogP contribution in [-0.2, 0) is 33.2 Å². The van der Waals surface area contributed by atoms with Crippen LogP contribution < -0.4 is 0 Å². The monoisotopic (exact) mass is 654 g/mol. The molecule has 2 heterocycles. The average Bonchev–Trinajstić information content (AvgIpc) is 3.02. The highest BCUT2D eigenvalue weighted by molar-refractivity contribution is 5.66. The van der Waals surface area contributed by atoms with Gasteiger partial charge < -0.3 is 64.2 Å². The Morgan fingerprint density at radius 2 is 1.13 bits per heavy atom. The van der Waals surface area contributed by atoms with Crippen molar-refractivity contribution in [1.82, 2.24) is 0 Å². The first-order valence-corrected chi connectivity index (χ1v) is 16.6. The van der Waals surface area contributed by atoms with Gasteiger partial charge in [0, 0.05) is 13.5 Å². The lowest BCUT2D eigenvalue weighted by molar-refractivity contribution is -0.332. The number of aliphatic hydroxyl groups is 7. The number of unbranched alkanes of at least 4 members (excludes halogenated alkanes) is 11. The number of carbonyl (C=O) groups is 1. The summed E-state index contributed by atoms with van der Waals surface area (Å²) in [5.41, 5.74) is 0. The van der Waals surface area contributed by atoms with E-state index in [1.807, 2.05) is 0 Å². The fourth-order valence-corrected chi connectivity index (χ4v) is 5.40. The molecule has 14 heteroatoms. The van der Waals surface area contributed by atoms with Crippen molar-refractivity contribution >= 4 is 5.97 Å². The Morgan fingerprint density at radius 1 is 0.644 bits per heavy atom. The predicted octanol–water partition coefficient (Wildman–Crippen LogP) is 0.277. The van der Waals surface area contributed by atoms with Crippen molar-refractivity contribution in [1.29, 1.82) is 0 Å². The Bertz CT molecular complexity index is 773. The highest BCUT2D eigenvalue weighted by atomic mass is 16.7. The van der Waals surface area contributed by atoms with Crippen LogP contribution in [0.15, 0.2) is 0 Å². The Hall–Kier alpha value is -1.01. The first kappa shape index (κ1) is 40.2. The van der Waals surface area contributed by atoms with Gasteiger partial charge in [0.15, 0.2) is 12.6 Å². The average molecular weight is 655 g/mol. The fraction of sp³-hybridized carbons (Fsp3) is 0.968. The molecule has 14 nitrogen and oxygen atoms in total. The van der Waals surface area contributed by atoms with Crippen LogP contribution in [0.3, 0.4) is 0 Å². The van der Waals surface area contributed by atoms with Crippen molar-refractivity contribution < 1.29 is 69.0 Å². The minimum Gasteiger partial charge on any atom is -0.458 e. The largest absolute Gasteiger partial charge is 0.458 e. The van der Waals surface area contributed by atoms with Gasteiger partial charge in [-0.3, -0.25) is 4.79 Å². The lowest BCUT2D eigenvalue weighted by Gasteiger charge is -2.42. The maximum atomic E-state index is 11.6. The highest BCUT2D eigenvalue weighted by Gasteiger charge is 2.47. The normalized spacial score (nSPS) is 32.8. The lowest BCUT2D eigenvalue weighted by atomic mass is 9.98. The summed E-state index contributed by atoms with van der Waals surface area (Å²) in [6, 6.07) is 0. The zero-order valence-corrected chi connectivity index (χ0v) is 26.9. The van der Waals surface area contributed by atoms with E-state index in [1.54, 1.807) is 0 Å². The minimum atomic E-state index is -1.69. The molecule has 266 valence electrons. The molecule has 0 spiro atoms. The molecule has 0 aromatic rings. The van der Waals surface area contributed by atoms with E-state index >= 15 is 0 Å². The quantitative estimate of drug-likeness (QED) is 0.0582. The first-order valence-electron chi connectivity index (χ1n) is 16.6. The second kappa shape index (κ2) is 22.5. The van der Waals surface area contributed by atoms with Crippen LogP contribution >= 0.6 is 0 Å². The predicted molar refractivity (Wildman–Crippen MR) is 160 cm³/mol. The van der Waals surface area contributed by atoms with E-state index in [0.29, 0.717) is 6.61 Å². The SMILES string of the molecule is CCCCCCCCCCCCCCOCC(COC1OC(COC2OC(CO)C(O)C(O)C2O)C(O)C(O)C1O)OC(C)=O. The number of rotatable bonds is 23. The third-order valence-corrected chi connectivity index (χ3v) is 8.17. The number of aliphatic hydroxyl groups excluding tert-OH is 7. The van der Waals surface area contributed by atoms with Crippen LogP contribution in [0.2, 0.25) is 0 Å². The van der Waals surface area contributed by atoms with Crippen molar-refractivity contribution in [3.05, 3.63) is 0 Å². The van der Waals surface area contributed by atoms with Gasteiger partial charge in [0.05, 0.1) is 26.4 Å². The van der Waals surface area contributed by atoms with Gasteiger partial charge in [-0.15, -0.1) is 0 Å². The molecule has 2 rings (SSSR count). The molecule has 0 radical (unpaired) electrons. The van der Waals surface area contributed by atoms with E-state index in [0.717, 1.165) is 19.3 Å². The molecule has 0 saturated carbocycles. The van der Waals surface area contributed by atoms with Crippen molar-refractivity contribution in [2.45, 2.75) is 158 Å². The second-order valence-corrected chi connectivity index (χ2v) is 12.1. The molecular weight excluding hydrogens is 596 g/mol. The molecule has 7 N–H and O–H groups in total. The maximum absolute atomic E-state index is 11.6. The summed E-state index contributed by atoms with van der Waals surface area (Å²) in [5, 5.41) is 70.6. The number of carbonyl (C=O) groups excluding carboxylic acids is 1. The molecule has 0 amide bonds. The lowest BCUT2D eigenvalue weighted by Crippen LogP contribution is -2.61. The van der Waals surface area contributed by atoms with Crippen molar-refractivity contribution in [2.75, 3.05) is 33.0 Å². The van der Waals surface area contributed by atoms with Crippen LogP contribution in [0.1, 0.15) is 90.9 Å². The Kier molecular flexibility index (Phi) is 20.1. The summed E-state index contributed by atoms with van der Waals surface area (Å²) in [7, 11) is 0. The molecule has 11 unspecified atom stereocenters. The fourth-order valence-electron chi connectivity index (χ4n) is 5.40. The standard InChI is InChI=1S/C31H58O14/c1-3-4-5-6-7-8-9-10-11-12-13-14-15-40-17-21(43-20(2)33)18-41-30-29(39)27(37)25(35)23(45-30)19-42-31-28(38)26(36)24(34)22(16-32)44-31/h21-32,34-39H,3-19H2,1-2H3.